The van der Waals surface area contributed by atoms with Crippen molar-refractivity contribution in [1.82, 2.24) is 5.32 Å². The van der Waals surface area contributed by atoms with Gasteiger partial charge in [0.05, 0.1) is 4.92 Å². The molecule has 0 bridgehead atoms. The maximum absolute atomic E-state index is 11.4. The third-order valence-electron chi connectivity index (χ3n) is 2.16. The minimum atomic E-state index is -0.594. The molecule has 102 valence electrons. The van der Waals surface area contributed by atoms with Crippen molar-refractivity contribution in [2.24, 2.45) is 5.92 Å². The van der Waals surface area contributed by atoms with Crippen molar-refractivity contribution in [3.8, 4) is 0 Å². The van der Waals surface area contributed by atoms with Crippen LogP contribution in [0, 0.1) is 16.0 Å². The number of benzene rings is 1. The van der Waals surface area contributed by atoms with Gasteiger partial charge in [-0.3, -0.25) is 14.9 Å². The number of amides is 1. The molecular formula is C11H12ClN3O3S. The van der Waals surface area contributed by atoms with Crippen LogP contribution in [0.25, 0.3) is 0 Å². The fourth-order valence-corrected chi connectivity index (χ4v) is 1.55. The number of rotatable bonds is 3. The van der Waals surface area contributed by atoms with Gasteiger partial charge in [0.1, 0.15) is 5.02 Å². The van der Waals surface area contributed by atoms with E-state index in [9.17, 15) is 14.9 Å². The Morgan fingerprint density at radius 1 is 1.47 bits per heavy atom. The molecule has 1 rings (SSSR count). The molecule has 0 aliphatic rings. The van der Waals surface area contributed by atoms with E-state index < -0.39 is 4.92 Å². The van der Waals surface area contributed by atoms with Gasteiger partial charge in [-0.2, -0.15) is 0 Å². The number of hydrogen-bond donors (Lipinski definition) is 2. The second-order valence-corrected chi connectivity index (χ2v) is 4.84. The van der Waals surface area contributed by atoms with Crippen LogP contribution in [0.4, 0.5) is 11.4 Å². The van der Waals surface area contributed by atoms with Gasteiger partial charge in [0.15, 0.2) is 5.11 Å². The van der Waals surface area contributed by atoms with Crippen LogP contribution in [0.15, 0.2) is 18.2 Å². The van der Waals surface area contributed by atoms with E-state index >= 15 is 0 Å². The maximum Gasteiger partial charge on any atom is 0.289 e. The minimum Gasteiger partial charge on any atom is -0.332 e. The molecule has 1 amide bonds. The molecule has 0 unspecified atom stereocenters. The molecule has 0 heterocycles. The van der Waals surface area contributed by atoms with Crippen LogP contribution in [0.2, 0.25) is 5.02 Å². The molecule has 0 radical (unpaired) electrons. The van der Waals surface area contributed by atoms with E-state index in [1.54, 1.807) is 13.8 Å². The highest BCUT2D eigenvalue weighted by molar-refractivity contribution is 7.80. The van der Waals surface area contributed by atoms with E-state index in [-0.39, 0.29) is 27.6 Å². The number of thiocarbonyl (C=S) groups is 1. The van der Waals surface area contributed by atoms with Gasteiger partial charge in [-0.25, -0.2) is 0 Å². The number of nitrogens with zero attached hydrogens (tertiary/aromatic N) is 1. The molecule has 8 heteroatoms. The Hall–Kier alpha value is -1.73. The fraction of sp³-hybridized carbons (Fsp3) is 0.273. The second-order valence-electron chi connectivity index (χ2n) is 4.02. The number of nitro groups is 1. The molecule has 6 nitrogen and oxygen atoms in total. The summed E-state index contributed by atoms with van der Waals surface area (Å²) >= 11 is 10.6. The summed E-state index contributed by atoms with van der Waals surface area (Å²) in [5.74, 6) is -0.444. The predicted molar refractivity (Wildman–Crippen MR) is 77.3 cm³/mol. The third kappa shape index (κ3) is 4.46. The van der Waals surface area contributed by atoms with Gasteiger partial charge in [-0.1, -0.05) is 25.4 Å². The third-order valence-corrected chi connectivity index (χ3v) is 2.69. The summed E-state index contributed by atoms with van der Waals surface area (Å²) in [5.41, 5.74) is 0.148. The molecule has 0 saturated heterocycles. The Kier molecular flexibility index (Phi) is 5.20. The molecule has 19 heavy (non-hydrogen) atoms. The highest BCUT2D eigenvalue weighted by Gasteiger charge is 2.14. The highest BCUT2D eigenvalue weighted by atomic mass is 35.5. The van der Waals surface area contributed by atoms with Crippen molar-refractivity contribution >= 4 is 46.2 Å². The van der Waals surface area contributed by atoms with Gasteiger partial charge < -0.3 is 10.6 Å². The van der Waals surface area contributed by atoms with Crippen molar-refractivity contribution in [3.05, 3.63) is 33.3 Å². The van der Waals surface area contributed by atoms with Gasteiger partial charge in [0.25, 0.3) is 5.69 Å². The first-order valence-electron chi connectivity index (χ1n) is 5.37. The monoisotopic (exact) mass is 301 g/mol. The molecular weight excluding hydrogens is 290 g/mol. The van der Waals surface area contributed by atoms with Crippen LogP contribution in [0.3, 0.4) is 0 Å². The summed E-state index contributed by atoms with van der Waals surface area (Å²) in [4.78, 5) is 21.5. The first kappa shape index (κ1) is 15.3. The Morgan fingerprint density at radius 2 is 2.11 bits per heavy atom. The molecule has 1 aromatic carbocycles. The standard InChI is InChI=1S/C11H12ClN3O3S/c1-6(2)10(16)14-11(19)13-7-3-4-8(12)9(5-7)15(17)18/h3-6H,1-2H3,(H2,13,14,16,19). The van der Waals surface area contributed by atoms with E-state index in [2.05, 4.69) is 10.6 Å². The van der Waals surface area contributed by atoms with Crippen molar-refractivity contribution in [2.75, 3.05) is 5.32 Å². The number of hydrogen-bond acceptors (Lipinski definition) is 4. The Balaban J connectivity index is 2.78. The zero-order valence-corrected chi connectivity index (χ0v) is 11.8. The summed E-state index contributed by atoms with van der Waals surface area (Å²) in [5, 5.41) is 16.0. The van der Waals surface area contributed by atoms with Gasteiger partial charge in [-0.05, 0) is 24.4 Å². The van der Waals surface area contributed by atoms with Gasteiger partial charge >= 0.3 is 0 Å². The van der Waals surface area contributed by atoms with Gasteiger partial charge in [-0.15, -0.1) is 0 Å². The van der Waals surface area contributed by atoms with Crippen LogP contribution in [-0.2, 0) is 4.79 Å². The molecule has 0 atom stereocenters. The molecule has 0 aliphatic carbocycles. The molecule has 1 aromatic rings. The van der Waals surface area contributed by atoms with E-state index in [0.29, 0.717) is 5.69 Å². The molecule has 0 aromatic heterocycles. The van der Waals surface area contributed by atoms with Crippen LogP contribution in [0.1, 0.15) is 13.8 Å². The second kappa shape index (κ2) is 6.44. The average molecular weight is 302 g/mol. The number of carbonyl (C=O) groups is 1. The lowest BCUT2D eigenvalue weighted by Crippen LogP contribution is -2.36. The normalized spacial score (nSPS) is 10.1. The zero-order valence-electron chi connectivity index (χ0n) is 10.3. The number of nitro benzene ring substituents is 1. The Labute approximate surface area is 120 Å². The van der Waals surface area contributed by atoms with Gasteiger partial charge in [0, 0.05) is 17.7 Å². The van der Waals surface area contributed by atoms with Crippen LogP contribution >= 0.6 is 23.8 Å². The van der Waals surface area contributed by atoms with E-state index in [1.165, 1.54) is 18.2 Å². The molecule has 0 aliphatic heterocycles. The summed E-state index contributed by atoms with van der Waals surface area (Å²) in [7, 11) is 0. The van der Waals surface area contributed by atoms with Gasteiger partial charge in [0.2, 0.25) is 5.91 Å². The van der Waals surface area contributed by atoms with E-state index in [4.69, 9.17) is 23.8 Å². The van der Waals surface area contributed by atoms with Crippen LogP contribution in [0.5, 0.6) is 0 Å². The maximum atomic E-state index is 11.4. The van der Waals surface area contributed by atoms with E-state index in [0.717, 1.165) is 0 Å². The fourth-order valence-electron chi connectivity index (χ4n) is 1.15. The van der Waals surface area contributed by atoms with Crippen molar-refractivity contribution in [3.63, 3.8) is 0 Å². The molecule has 2 N–H and O–H groups in total. The number of anilines is 1. The van der Waals surface area contributed by atoms with Crippen molar-refractivity contribution in [1.29, 1.82) is 0 Å². The average Bonchev–Trinajstić information content (AvgIpc) is 2.30. The SMILES string of the molecule is CC(C)C(=O)NC(=S)Nc1ccc(Cl)c([N+](=O)[O-])c1. The van der Waals surface area contributed by atoms with E-state index in [1.807, 2.05) is 0 Å². The van der Waals surface area contributed by atoms with Crippen molar-refractivity contribution < 1.29 is 9.72 Å². The Morgan fingerprint density at radius 3 is 2.63 bits per heavy atom. The lowest BCUT2D eigenvalue weighted by atomic mass is 10.2. The Bertz CT molecular complexity index is 534. The smallest absolute Gasteiger partial charge is 0.289 e. The minimum absolute atomic E-state index is 0.0349. The lowest BCUT2D eigenvalue weighted by Gasteiger charge is -2.11. The van der Waals surface area contributed by atoms with Crippen LogP contribution < -0.4 is 10.6 Å². The summed E-state index contributed by atoms with van der Waals surface area (Å²) in [6.07, 6.45) is 0. The number of carbonyl (C=O) groups excluding carboxylic acids is 1. The topological polar surface area (TPSA) is 84.3 Å². The summed E-state index contributed by atoms with van der Waals surface area (Å²) in [6, 6.07) is 4.16. The quantitative estimate of drug-likeness (QED) is 0.509. The predicted octanol–water partition coefficient (Wildman–Crippen LogP) is 2.72. The molecule has 0 fully saturated rings. The van der Waals surface area contributed by atoms with Crippen molar-refractivity contribution in [2.45, 2.75) is 13.8 Å². The first-order valence-corrected chi connectivity index (χ1v) is 6.15. The highest BCUT2D eigenvalue weighted by Crippen LogP contribution is 2.27. The number of halogens is 1. The first-order chi connectivity index (χ1) is 8.81. The molecule has 0 spiro atoms. The molecule has 0 saturated carbocycles. The zero-order chi connectivity index (χ0) is 14.6. The summed E-state index contributed by atoms with van der Waals surface area (Å²) in [6.45, 7) is 3.45. The van der Waals surface area contributed by atoms with Crippen LogP contribution in [-0.4, -0.2) is 15.9 Å². The lowest BCUT2D eigenvalue weighted by molar-refractivity contribution is -0.384. The number of nitrogens with one attached hydrogen (secondary N) is 2. The summed E-state index contributed by atoms with van der Waals surface area (Å²) < 4.78 is 0. The largest absolute Gasteiger partial charge is 0.332 e.